The standard InChI is InChI=1S/C26H23ClN2O4S2/c1-15-8-13-19(16(2)14-15)23(30)24-22(28)25(35(31,32)18-11-9-17(27)10-12-18)26(34-24)29-20-6-4-5-7-21(20)33-3/h4-14,29H,28H2,1-3H3. The van der Waals surface area contributed by atoms with E-state index in [-0.39, 0.29) is 31.1 Å². The Labute approximate surface area is 213 Å². The average molecular weight is 527 g/mol. The fraction of sp³-hybridized carbons (Fsp3) is 0.115. The number of rotatable bonds is 7. The van der Waals surface area contributed by atoms with Crippen molar-refractivity contribution in [1.29, 1.82) is 0 Å². The zero-order valence-corrected chi connectivity index (χ0v) is 21.6. The first-order valence-electron chi connectivity index (χ1n) is 10.6. The summed E-state index contributed by atoms with van der Waals surface area (Å²) in [4.78, 5) is 13.5. The van der Waals surface area contributed by atoms with Crippen LogP contribution in [-0.2, 0) is 9.84 Å². The van der Waals surface area contributed by atoms with Crippen molar-refractivity contribution in [1.82, 2.24) is 0 Å². The number of carbonyl (C=O) groups excluding carboxylic acids is 1. The molecule has 4 aromatic rings. The van der Waals surface area contributed by atoms with E-state index in [1.165, 1.54) is 31.4 Å². The molecule has 35 heavy (non-hydrogen) atoms. The van der Waals surface area contributed by atoms with Crippen LogP contribution in [0.3, 0.4) is 0 Å². The molecule has 3 aromatic carbocycles. The largest absolute Gasteiger partial charge is 0.495 e. The number of hydrogen-bond acceptors (Lipinski definition) is 7. The molecule has 0 atom stereocenters. The molecular weight excluding hydrogens is 504 g/mol. The Morgan fingerprint density at radius 1 is 1.03 bits per heavy atom. The van der Waals surface area contributed by atoms with Crippen LogP contribution in [0.15, 0.2) is 76.5 Å². The highest BCUT2D eigenvalue weighted by Crippen LogP contribution is 2.45. The molecule has 1 heterocycles. The molecule has 3 N–H and O–H groups in total. The van der Waals surface area contributed by atoms with Crippen LogP contribution in [0.25, 0.3) is 0 Å². The monoisotopic (exact) mass is 526 g/mol. The Kier molecular flexibility index (Phi) is 6.89. The summed E-state index contributed by atoms with van der Waals surface area (Å²) < 4.78 is 32.8. The minimum atomic E-state index is -4.10. The van der Waals surface area contributed by atoms with Gasteiger partial charge in [-0.2, -0.15) is 0 Å². The lowest BCUT2D eigenvalue weighted by atomic mass is 10.0. The van der Waals surface area contributed by atoms with E-state index in [4.69, 9.17) is 22.1 Å². The maximum Gasteiger partial charge on any atom is 0.211 e. The molecule has 1 aromatic heterocycles. The lowest BCUT2D eigenvalue weighted by molar-refractivity contribution is 0.104. The van der Waals surface area contributed by atoms with Gasteiger partial charge in [-0.1, -0.05) is 47.5 Å². The molecular formula is C26H23ClN2O4S2. The van der Waals surface area contributed by atoms with Crippen LogP contribution in [0.5, 0.6) is 5.75 Å². The number of hydrogen-bond donors (Lipinski definition) is 2. The van der Waals surface area contributed by atoms with Gasteiger partial charge in [-0.15, -0.1) is 11.3 Å². The van der Waals surface area contributed by atoms with Gasteiger partial charge in [0.05, 0.1) is 23.4 Å². The number of para-hydroxylation sites is 2. The van der Waals surface area contributed by atoms with Gasteiger partial charge in [0, 0.05) is 10.6 Å². The van der Waals surface area contributed by atoms with Crippen molar-refractivity contribution in [2.45, 2.75) is 23.6 Å². The van der Waals surface area contributed by atoms with Crippen molar-refractivity contribution in [3.63, 3.8) is 0 Å². The van der Waals surface area contributed by atoms with Crippen molar-refractivity contribution in [2.24, 2.45) is 0 Å². The Morgan fingerprint density at radius 2 is 1.71 bits per heavy atom. The second-order valence-corrected chi connectivity index (χ2v) is 11.3. The molecule has 0 bridgehead atoms. The highest BCUT2D eigenvalue weighted by atomic mass is 35.5. The number of carbonyl (C=O) groups is 1. The number of ether oxygens (including phenoxy) is 1. The third kappa shape index (κ3) is 4.77. The molecule has 0 unspecified atom stereocenters. The lowest BCUT2D eigenvalue weighted by Crippen LogP contribution is -2.09. The topological polar surface area (TPSA) is 98.5 Å². The summed E-state index contributed by atoms with van der Waals surface area (Å²) in [5.74, 6) is 0.169. The van der Waals surface area contributed by atoms with Crippen LogP contribution in [-0.4, -0.2) is 21.3 Å². The number of benzene rings is 3. The van der Waals surface area contributed by atoms with Gasteiger partial charge in [-0.05, 0) is 55.8 Å². The van der Waals surface area contributed by atoms with E-state index in [9.17, 15) is 13.2 Å². The van der Waals surface area contributed by atoms with E-state index in [1.54, 1.807) is 30.3 Å². The van der Waals surface area contributed by atoms with Crippen LogP contribution in [0.2, 0.25) is 5.02 Å². The summed E-state index contributed by atoms with van der Waals surface area (Å²) >= 11 is 6.96. The molecule has 0 saturated heterocycles. The number of nitrogens with two attached hydrogens (primary N) is 1. The summed E-state index contributed by atoms with van der Waals surface area (Å²) in [6.07, 6.45) is 0. The number of halogens is 1. The first-order valence-corrected chi connectivity index (χ1v) is 13.3. The molecule has 0 fully saturated rings. The SMILES string of the molecule is COc1ccccc1Nc1sc(C(=O)c2ccc(C)cc2C)c(N)c1S(=O)(=O)c1ccc(Cl)cc1. The summed E-state index contributed by atoms with van der Waals surface area (Å²) in [6, 6.07) is 18.4. The minimum absolute atomic E-state index is 0.0139. The molecule has 4 rings (SSSR count). The average Bonchev–Trinajstić information content (AvgIpc) is 3.15. The molecule has 0 aliphatic rings. The summed E-state index contributed by atoms with van der Waals surface area (Å²) in [5.41, 5.74) is 9.10. The number of sulfone groups is 1. The first-order chi connectivity index (χ1) is 16.6. The highest BCUT2D eigenvalue weighted by molar-refractivity contribution is 7.92. The van der Waals surface area contributed by atoms with Gasteiger partial charge >= 0.3 is 0 Å². The molecule has 9 heteroatoms. The van der Waals surface area contributed by atoms with Gasteiger partial charge in [0.15, 0.2) is 0 Å². The number of thiophene rings is 1. The Hall–Kier alpha value is -3.33. The molecule has 0 aliphatic carbocycles. The quantitative estimate of drug-likeness (QED) is 0.270. The van der Waals surface area contributed by atoms with E-state index in [1.807, 2.05) is 26.0 Å². The van der Waals surface area contributed by atoms with E-state index in [0.717, 1.165) is 22.5 Å². The van der Waals surface area contributed by atoms with Crippen molar-refractivity contribution < 1.29 is 17.9 Å². The summed E-state index contributed by atoms with van der Waals surface area (Å²) in [5, 5.41) is 3.75. The van der Waals surface area contributed by atoms with E-state index >= 15 is 0 Å². The Balaban J connectivity index is 1.92. The number of nitrogens with one attached hydrogen (secondary N) is 1. The van der Waals surface area contributed by atoms with Crippen molar-refractivity contribution in [3.05, 3.63) is 93.3 Å². The first kappa shape index (κ1) is 24.8. The van der Waals surface area contributed by atoms with Gasteiger partial charge in [-0.25, -0.2) is 8.42 Å². The molecule has 0 amide bonds. The highest BCUT2D eigenvalue weighted by Gasteiger charge is 2.32. The normalized spacial score (nSPS) is 11.3. The van der Waals surface area contributed by atoms with Crippen molar-refractivity contribution in [3.8, 4) is 5.75 Å². The molecule has 0 spiro atoms. The van der Waals surface area contributed by atoms with Gasteiger partial charge < -0.3 is 15.8 Å². The second kappa shape index (κ2) is 9.73. The Morgan fingerprint density at radius 3 is 2.37 bits per heavy atom. The number of ketones is 1. The van der Waals surface area contributed by atoms with Crippen LogP contribution in [0.1, 0.15) is 26.4 Å². The minimum Gasteiger partial charge on any atom is -0.495 e. The lowest BCUT2D eigenvalue weighted by Gasteiger charge is -2.12. The van der Waals surface area contributed by atoms with Crippen molar-refractivity contribution >= 4 is 54.9 Å². The zero-order chi connectivity index (χ0) is 25.3. The summed E-state index contributed by atoms with van der Waals surface area (Å²) in [6.45, 7) is 3.77. The van der Waals surface area contributed by atoms with E-state index in [2.05, 4.69) is 5.32 Å². The third-order valence-corrected chi connectivity index (χ3v) is 8.84. The van der Waals surface area contributed by atoms with Crippen LogP contribution in [0.4, 0.5) is 16.4 Å². The Bertz CT molecular complexity index is 1530. The van der Waals surface area contributed by atoms with Gasteiger partial charge in [0.2, 0.25) is 15.6 Å². The maximum atomic E-state index is 13.7. The molecule has 0 radical (unpaired) electrons. The van der Waals surface area contributed by atoms with Gasteiger partial charge in [-0.3, -0.25) is 4.79 Å². The van der Waals surface area contributed by atoms with Gasteiger partial charge in [0.1, 0.15) is 20.5 Å². The number of nitrogen functional groups attached to an aromatic ring is 1. The third-order valence-electron chi connectivity index (χ3n) is 5.48. The van der Waals surface area contributed by atoms with Crippen LogP contribution >= 0.6 is 22.9 Å². The number of aryl methyl sites for hydroxylation is 2. The molecule has 0 saturated carbocycles. The molecule has 0 aliphatic heterocycles. The molecule has 180 valence electrons. The predicted octanol–water partition coefficient (Wildman–Crippen LogP) is 6.42. The maximum absolute atomic E-state index is 13.7. The smallest absolute Gasteiger partial charge is 0.211 e. The second-order valence-electron chi connectivity index (χ2n) is 7.93. The fourth-order valence-corrected chi connectivity index (χ4v) is 6.78. The number of methoxy groups -OCH3 is 1. The fourth-order valence-electron chi connectivity index (χ4n) is 3.74. The number of anilines is 3. The van der Waals surface area contributed by atoms with Gasteiger partial charge in [0.25, 0.3) is 0 Å². The van der Waals surface area contributed by atoms with Crippen molar-refractivity contribution in [2.75, 3.05) is 18.2 Å². The predicted molar refractivity (Wildman–Crippen MR) is 141 cm³/mol. The summed E-state index contributed by atoms with van der Waals surface area (Å²) in [7, 11) is -2.58. The van der Waals surface area contributed by atoms with E-state index < -0.39 is 9.84 Å². The van der Waals surface area contributed by atoms with Crippen LogP contribution < -0.4 is 15.8 Å². The zero-order valence-electron chi connectivity index (χ0n) is 19.3. The van der Waals surface area contributed by atoms with E-state index in [0.29, 0.717) is 22.0 Å². The van der Waals surface area contributed by atoms with Crippen LogP contribution in [0, 0.1) is 13.8 Å². The molecule has 6 nitrogen and oxygen atoms in total.